The third-order valence-electron chi connectivity index (χ3n) is 2.20. The molecule has 5 nitrogen and oxygen atoms in total. The Morgan fingerprint density at radius 2 is 2.18 bits per heavy atom. The molecule has 2 rings (SSSR count). The normalized spacial score (nSPS) is 10.4. The van der Waals surface area contributed by atoms with Crippen LogP contribution in [0.3, 0.4) is 0 Å². The monoisotopic (exact) mass is 232 g/mol. The minimum atomic E-state index is -1.05. The number of aromatic carboxylic acids is 1. The average Bonchev–Trinajstić information content (AvgIpc) is 2.79. The van der Waals surface area contributed by atoms with Crippen LogP contribution in [0.25, 0.3) is 0 Å². The van der Waals surface area contributed by atoms with E-state index in [1.807, 2.05) is 18.2 Å². The van der Waals surface area contributed by atoms with E-state index in [9.17, 15) is 4.79 Å². The fourth-order valence-corrected chi connectivity index (χ4v) is 1.40. The molecule has 0 aromatic carbocycles. The molecule has 0 fully saturated rings. The molecule has 0 atom stereocenters. The predicted octanol–water partition coefficient (Wildman–Crippen LogP) is 1.66. The SMILES string of the molecule is O=C(O)c1ccc(CNCc2ccccn2)o1. The zero-order valence-corrected chi connectivity index (χ0v) is 9.09. The fraction of sp³-hybridized carbons (Fsp3) is 0.167. The van der Waals surface area contributed by atoms with Crippen LogP contribution in [0.15, 0.2) is 40.9 Å². The molecule has 88 valence electrons. The summed E-state index contributed by atoms with van der Waals surface area (Å²) in [6.07, 6.45) is 1.73. The van der Waals surface area contributed by atoms with Crippen molar-refractivity contribution >= 4 is 5.97 Å². The Bertz CT molecular complexity index is 493. The molecule has 0 radical (unpaired) electrons. The Morgan fingerprint density at radius 3 is 2.82 bits per heavy atom. The van der Waals surface area contributed by atoms with Crippen LogP contribution in [-0.2, 0) is 13.1 Å². The van der Waals surface area contributed by atoms with Gasteiger partial charge in [-0.15, -0.1) is 0 Å². The maximum Gasteiger partial charge on any atom is 0.371 e. The molecule has 0 amide bonds. The van der Waals surface area contributed by atoms with Gasteiger partial charge < -0.3 is 14.8 Å². The second kappa shape index (κ2) is 5.27. The lowest BCUT2D eigenvalue weighted by Gasteiger charge is -2.01. The molecule has 5 heteroatoms. The molecule has 0 aliphatic carbocycles. The summed E-state index contributed by atoms with van der Waals surface area (Å²) in [5.41, 5.74) is 0.928. The summed E-state index contributed by atoms with van der Waals surface area (Å²) in [5, 5.41) is 11.8. The second-order valence-electron chi connectivity index (χ2n) is 3.50. The number of carboxylic acid groups (broad SMARTS) is 1. The van der Waals surface area contributed by atoms with Crippen LogP contribution in [0.1, 0.15) is 22.0 Å². The van der Waals surface area contributed by atoms with Gasteiger partial charge in [-0.25, -0.2) is 4.79 Å². The van der Waals surface area contributed by atoms with Crippen LogP contribution in [-0.4, -0.2) is 16.1 Å². The summed E-state index contributed by atoms with van der Waals surface area (Å²) in [4.78, 5) is 14.7. The van der Waals surface area contributed by atoms with E-state index in [1.54, 1.807) is 12.3 Å². The van der Waals surface area contributed by atoms with Gasteiger partial charge in [-0.05, 0) is 24.3 Å². The standard InChI is InChI=1S/C12H12N2O3/c15-12(16)11-5-4-10(17-11)8-13-7-9-3-1-2-6-14-9/h1-6,13H,7-8H2,(H,15,16). The lowest BCUT2D eigenvalue weighted by molar-refractivity contribution is 0.0660. The summed E-state index contributed by atoms with van der Waals surface area (Å²) in [5.74, 6) is -0.501. The van der Waals surface area contributed by atoms with Crippen molar-refractivity contribution in [3.05, 3.63) is 53.7 Å². The van der Waals surface area contributed by atoms with E-state index in [0.717, 1.165) is 5.69 Å². The molecule has 2 aromatic heterocycles. The summed E-state index contributed by atoms with van der Waals surface area (Å²) < 4.78 is 5.10. The smallest absolute Gasteiger partial charge is 0.371 e. The Morgan fingerprint density at radius 1 is 1.29 bits per heavy atom. The Kier molecular flexibility index (Phi) is 3.52. The highest BCUT2D eigenvalue weighted by molar-refractivity contribution is 5.84. The van der Waals surface area contributed by atoms with E-state index in [-0.39, 0.29) is 5.76 Å². The van der Waals surface area contributed by atoms with Gasteiger partial charge in [-0.1, -0.05) is 6.07 Å². The van der Waals surface area contributed by atoms with Crippen molar-refractivity contribution < 1.29 is 14.3 Å². The van der Waals surface area contributed by atoms with Gasteiger partial charge in [-0.2, -0.15) is 0 Å². The first-order chi connectivity index (χ1) is 8.25. The molecule has 2 N–H and O–H groups in total. The topological polar surface area (TPSA) is 75.4 Å². The molecular formula is C12H12N2O3. The molecule has 2 heterocycles. The van der Waals surface area contributed by atoms with Gasteiger partial charge in [0.15, 0.2) is 0 Å². The van der Waals surface area contributed by atoms with Gasteiger partial charge in [-0.3, -0.25) is 4.98 Å². The van der Waals surface area contributed by atoms with E-state index in [2.05, 4.69) is 10.3 Å². The van der Waals surface area contributed by atoms with Crippen molar-refractivity contribution in [3.8, 4) is 0 Å². The Balaban J connectivity index is 1.84. The van der Waals surface area contributed by atoms with Crippen LogP contribution in [0.4, 0.5) is 0 Å². The Hall–Kier alpha value is -2.14. The first kappa shape index (κ1) is 11.3. The molecule has 0 aliphatic heterocycles. The molecular weight excluding hydrogens is 220 g/mol. The highest BCUT2D eigenvalue weighted by Gasteiger charge is 2.08. The van der Waals surface area contributed by atoms with Crippen molar-refractivity contribution in [2.24, 2.45) is 0 Å². The highest BCUT2D eigenvalue weighted by Crippen LogP contribution is 2.07. The number of nitrogens with zero attached hydrogens (tertiary/aromatic N) is 1. The number of carboxylic acids is 1. The van der Waals surface area contributed by atoms with E-state index >= 15 is 0 Å². The van der Waals surface area contributed by atoms with E-state index in [1.165, 1.54) is 6.07 Å². The number of hydrogen-bond acceptors (Lipinski definition) is 4. The maximum absolute atomic E-state index is 10.6. The van der Waals surface area contributed by atoms with Crippen LogP contribution in [0, 0.1) is 0 Å². The van der Waals surface area contributed by atoms with E-state index in [4.69, 9.17) is 9.52 Å². The van der Waals surface area contributed by atoms with E-state index < -0.39 is 5.97 Å². The van der Waals surface area contributed by atoms with Gasteiger partial charge in [0.2, 0.25) is 5.76 Å². The third kappa shape index (κ3) is 3.15. The maximum atomic E-state index is 10.6. The third-order valence-corrected chi connectivity index (χ3v) is 2.20. The zero-order valence-electron chi connectivity index (χ0n) is 9.09. The lowest BCUT2D eigenvalue weighted by atomic mass is 10.3. The summed E-state index contributed by atoms with van der Waals surface area (Å²) >= 11 is 0. The number of aromatic nitrogens is 1. The van der Waals surface area contributed by atoms with Crippen molar-refractivity contribution in [3.63, 3.8) is 0 Å². The number of hydrogen-bond donors (Lipinski definition) is 2. The van der Waals surface area contributed by atoms with Crippen LogP contribution in [0.2, 0.25) is 0 Å². The second-order valence-corrected chi connectivity index (χ2v) is 3.50. The van der Waals surface area contributed by atoms with Gasteiger partial charge in [0, 0.05) is 12.7 Å². The fourth-order valence-electron chi connectivity index (χ4n) is 1.40. The molecule has 0 aliphatic rings. The average molecular weight is 232 g/mol. The minimum absolute atomic E-state index is 0.0420. The molecule has 0 spiro atoms. The van der Waals surface area contributed by atoms with Gasteiger partial charge in [0.05, 0.1) is 12.2 Å². The molecule has 17 heavy (non-hydrogen) atoms. The number of pyridine rings is 1. The molecule has 0 bridgehead atoms. The number of rotatable bonds is 5. The number of carbonyl (C=O) groups is 1. The number of furan rings is 1. The first-order valence-corrected chi connectivity index (χ1v) is 5.18. The lowest BCUT2D eigenvalue weighted by Crippen LogP contribution is -2.13. The highest BCUT2D eigenvalue weighted by atomic mass is 16.4. The minimum Gasteiger partial charge on any atom is -0.475 e. The van der Waals surface area contributed by atoms with Gasteiger partial charge in [0.25, 0.3) is 0 Å². The largest absolute Gasteiger partial charge is 0.475 e. The predicted molar refractivity (Wildman–Crippen MR) is 60.4 cm³/mol. The number of nitrogens with one attached hydrogen (secondary N) is 1. The van der Waals surface area contributed by atoms with Crippen LogP contribution in [0.5, 0.6) is 0 Å². The summed E-state index contributed by atoms with van der Waals surface area (Å²) in [6.45, 7) is 1.09. The van der Waals surface area contributed by atoms with Gasteiger partial charge >= 0.3 is 5.97 Å². The summed E-state index contributed by atoms with van der Waals surface area (Å²) in [6, 6.07) is 8.78. The van der Waals surface area contributed by atoms with Crippen molar-refractivity contribution in [2.75, 3.05) is 0 Å². The zero-order chi connectivity index (χ0) is 12.1. The van der Waals surface area contributed by atoms with Crippen LogP contribution < -0.4 is 5.32 Å². The molecule has 2 aromatic rings. The Labute approximate surface area is 98.1 Å². The summed E-state index contributed by atoms with van der Waals surface area (Å²) in [7, 11) is 0. The van der Waals surface area contributed by atoms with Crippen LogP contribution >= 0.6 is 0 Å². The first-order valence-electron chi connectivity index (χ1n) is 5.18. The molecule has 0 saturated carbocycles. The van der Waals surface area contributed by atoms with Crippen molar-refractivity contribution in [2.45, 2.75) is 13.1 Å². The quantitative estimate of drug-likeness (QED) is 0.820. The van der Waals surface area contributed by atoms with Gasteiger partial charge in [0.1, 0.15) is 5.76 Å². The van der Waals surface area contributed by atoms with Crippen molar-refractivity contribution in [1.29, 1.82) is 0 Å². The molecule has 0 unspecified atom stereocenters. The van der Waals surface area contributed by atoms with Crippen molar-refractivity contribution in [1.82, 2.24) is 10.3 Å². The van der Waals surface area contributed by atoms with E-state index in [0.29, 0.717) is 18.8 Å². The molecule has 0 saturated heterocycles.